The van der Waals surface area contributed by atoms with E-state index in [0.717, 1.165) is 62.6 Å². The lowest BCUT2D eigenvalue weighted by Gasteiger charge is -2.35. The number of carbonyl (C=O) groups is 1. The number of thioether (sulfide) groups is 1. The molecule has 3 rings (SSSR count). The molecule has 0 spiro atoms. The number of carbonyl (C=O) groups excluding carboxylic acids is 1. The second-order valence-electron chi connectivity index (χ2n) is 6.11. The summed E-state index contributed by atoms with van der Waals surface area (Å²) in [7, 11) is 0. The minimum atomic E-state index is -0.187. The number of nitrogens with zero attached hydrogens (tertiary/aromatic N) is 2. The van der Waals surface area contributed by atoms with Crippen LogP contribution in [0.2, 0.25) is 0 Å². The zero-order chi connectivity index (χ0) is 15.4. The summed E-state index contributed by atoms with van der Waals surface area (Å²) in [5.41, 5.74) is 1.14. The topological polar surface area (TPSA) is 23.6 Å². The van der Waals surface area contributed by atoms with Crippen molar-refractivity contribution in [3.63, 3.8) is 0 Å². The second-order valence-corrected chi connectivity index (χ2v) is 7.34. The Bertz CT molecular complexity index is 494. The van der Waals surface area contributed by atoms with Crippen molar-refractivity contribution in [2.75, 3.05) is 37.7 Å². The fourth-order valence-corrected chi connectivity index (χ4v) is 4.13. The summed E-state index contributed by atoms with van der Waals surface area (Å²) in [6.07, 6.45) is 1.90. The Morgan fingerprint density at radius 3 is 2.36 bits per heavy atom. The lowest BCUT2D eigenvalue weighted by molar-refractivity contribution is -0.136. The predicted octanol–water partition coefficient (Wildman–Crippen LogP) is 2.61. The quantitative estimate of drug-likeness (QED) is 0.855. The number of amides is 1. The Hall–Kier alpha value is -1.07. The molecule has 1 aromatic rings. The van der Waals surface area contributed by atoms with E-state index < -0.39 is 0 Å². The average Bonchev–Trinajstić information content (AvgIpc) is 2.58. The van der Waals surface area contributed by atoms with Crippen molar-refractivity contribution in [1.29, 1.82) is 0 Å². The van der Waals surface area contributed by atoms with Gasteiger partial charge in [-0.1, -0.05) is 12.1 Å². The first-order valence-corrected chi connectivity index (χ1v) is 9.21. The van der Waals surface area contributed by atoms with Crippen LogP contribution in [0.3, 0.4) is 0 Å². The number of piperidine rings is 1. The summed E-state index contributed by atoms with van der Waals surface area (Å²) in [5.74, 6) is 2.53. The van der Waals surface area contributed by atoms with Gasteiger partial charge in [-0.25, -0.2) is 4.39 Å². The number of likely N-dealkylation sites (tertiary alicyclic amines) is 1. The van der Waals surface area contributed by atoms with E-state index in [1.54, 1.807) is 0 Å². The van der Waals surface area contributed by atoms with Crippen molar-refractivity contribution in [1.82, 2.24) is 9.80 Å². The molecule has 0 saturated carbocycles. The Morgan fingerprint density at radius 1 is 1.09 bits per heavy atom. The van der Waals surface area contributed by atoms with Gasteiger partial charge < -0.3 is 4.90 Å². The van der Waals surface area contributed by atoms with Crippen molar-refractivity contribution in [2.24, 2.45) is 5.92 Å². The summed E-state index contributed by atoms with van der Waals surface area (Å²) in [5, 5.41) is 0. The van der Waals surface area contributed by atoms with Crippen molar-refractivity contribution in [2.45, 2.75) is 19.4 Å². The van der Waals surface area contributed by atoms with E-state index in [0.29, 0.717) is 5.91 Å². The zero-order valence-corrected chi connectivity index (χ0v) is 13.7. The highest BCUT2D eigenvalue weighted by Crippen LogP contribution is 2.22. The van der Waals surface area contributed by atoms with E-state index in [2.05, 4.69) is 9.80 Å². The first-order valence-electron chi connectivity index (χ1n) is 8.06. The summed E-state index contributed by atoms with van der Waals surface area (Å²) in [4.78, 5) is 16.9. The molecule has 22 heavy (non-hydrogen) atoms. The summed E-state index contributed by atoms with van der Waals surface area (Å²) < 4.78 is 12.9. The van der Waals surface area contributed by atoms with Gasteiger partial charge in [0.05, 0.1) is 0 Å². The maximum absolute atomic E-state index is 12.9. The third-order valence-electron chi connectivity index (χ3n) is 4.58. The Balaban J connectivity index is 1.47. The van der Waals surface area contributed by atoms with Gasteiger partial charge in [0.2, 0.25) is 5.91 Å². The molecule has 0 unspecified atom stereocenters. The summed E-state index contributed by atoms with van der Waals surface area (Å²) >= 11 is 1.94. The van der Waals surface area contributed by atoms with E-state index in [1.165, 1.54) is 12.1 Å². The van der Waals surface area contributed by atoms with Crippen molar-refractivity contribution in [3.8, 4) is 0 Å². The molecule has 0 radical (unpaired) electrons. The maximum atomic E-state index is 12.9. The number of halogens is 1. The number of hydrogen-bond acceptors (Lipinski definition) is 3. The zero-order valence-electron chi connectivity index (χ0n) is 12.8. The maximum Gasteiger partial charge on any atom is 0.225 e. The number of benzene rings is 1. The number of hydrogen-bond donors (Lipinski definition) is 0. The third kappa shape index (κ3) is 4.02. The molecule has 120 valence electrons. The minimum absolute atomic E-state index is 0.187. The van der Waals surface area contributed by atoms with Gasteiger partial charge in [0.15, 0.2) is 0 Å². The van der Waals surface area contributed by atoms with Crippen LogP contribution in [0.4, 0.5) is 4.39 Å². The minimum Gasteiger partial charge on any atom is -0.341 e. The van der Waals surface area contributed by atoms with Gasteiger partial charge in [-0.15, -0.1) is 0 Å². The molecular weight excluding hydrogens is 299 g/mol. The van der Waals surface area contributed by atoms with E-state index in [4.69, 9.17) is 0 Å². The van der Waals surface area contributed by atoms with Crippen molar-refractivity contribution < 1.29 is 9.18 Å². The monoisotopic (exact) mass is 322 g/mol. The smallest absolute Gasteiger partial charge is 0.225 e. The van der Waals surface area contributed by atoms with Gasteiger partial charge in [-0.3, -0.25) is 9.69 Å². The lowest BCUT2D eigenvalue weighted by atomic mass is 9.95. The summed E-state index contributed by atoms with van der Waals surface area (Å²) in [6.45, 7) is 4.59. The van der Waals surface area contributed by atoms with Crippen LogP contribution >= 0.6 is 11.8 Å². The number of rotatable bonds is 3. The normalized spacial score (nSPS) is 21.0. The fourth-order valence-electron chi connectivity index (χ4n) is 3.23. The highest BCUT2D eigenvalue weighted by atomic mass is 32.2. The first-order chi connectivity index (χ1) is 10.7. The third-order valence-corrected chi connectivity index (χ3v) is 5.52. The van der Waals surface area contributed by atoms with Gasteiger partial charge in [-0.2, -0.15) is 11.8 Å². The molecule has 2 aliphatic heterocycles. The molecule has 1 aromatic carbocycles. The molecule has 2 fully saturated rings. The second kappa shape index (κ2) is 7.47. The lowest BCUT2D eigenvalue weighted by Crippen LogP contribution is -2.45. The highest BCUT2D eigenvalue weighted by Gasteiger charge is 2.29. The molecule has 3 nitrogen and oxygen atoms in total. The molecule has 1 amide bonds. The van der Waals surface area contributed by atoms with Crippen LogP contribution in [0.5, 0.6) is 0 Å². The fraction of sp³-hybridized carbons (Fsp3) is 0.588. The van der Waals surface area contributed by atoms with Crippen molar-refractivity contribution >= 4 is 17.7 Å². The van der Waals surface area contributed by atoms with Crippen LogP contribution in [0.15, 0.2) is 24.3 Å². The van der Waals surface area contributed by atoms with Gasteiger partial charge in [-0.05, 0) is 43.6 Å². The molecule has 0 aromatic heterocycles. The van der Waals surface area contributed by atoms with Gasteiger partial charge >= 0.3 is 0 Å². The molecule has 2 aliphatic rings. The van der Waals surface area contributed by atoms with Gasteiger partial charge in [0, 0.05) is 37.1 Å². The first kappa shape index (κ1) is 15.8. The van der Waals surface area contributed by atoms with E-state index >= 15 is 0 Å². The Labute approximate surface area is 135 Å². The standard InChI is InChI=1S/C17H23FN2OS/c18-16-3-1-14(2-4-16)13-19-7-5-15(6-8-19)17(21)20-9-11-22-12-10-20/h1-4,15H,5-13H2. The molecule has 2 saturated heterocycles. The highest BCUT2D eigenvalue weighted by molar-refractivity contribution is 7.99. The van der Waals surface area contributed by atoms with Crippen LogP contribution < -0.4 is 0 Å². The van der Waals surface area contributed by atoms with E-state index in [9.17, 15) is 9.18 Å². The van der Waals surface area contributed by atoms with E-state index in [1.807, 2.05) is 23.9 Å². The predicted molar refractivity (Wildman–Crippen MR) is 88.3 cm³/mol. The van der Waals surface area contributed by atoms with Crippen molar-refractivity contribution in [3.05, 3.63) is 35.6 Å². The molecule has 0 bridgehead atoms. The Morgan fingerprint density at radius 2 is 1.73 bits per heavy atom. The largest absolute Gasteiger partial charge is 0.341 e. The van der Waals surface area contributed by atoms with Gasteiger partial charge in [0.1, 0.15) is 5.82 Å². The average molecular weight is 322 g/mol. The molecule has 5 heteroatoms. The van der Waals surface area contributed by atoms with E-state index in [-0.39, 0.29) is 11.7 Å². The molecule has 0 aliphatic carbocycles. The van der Waals surface area contributed by atoms with Crippen LogP contribution in [0.25, 0.3) is 0 Å². The van der Waals surface area contributed by atoms with Gasteiger partial charge in [0.25, 0.3) is 0 Å². The van der Waals surface area contributed by atoms with Crippen LogP contribution in [-0.4, -0.2) is 53.4 Å². The molecule has 0 N–H and O–H groups in total. The molecule has 0 atom stereocenters. The Kier molecular flexibility index (Phi) is 5.37. The molecule has 2 heterocycles. The van der Waals surface area contributed by atoms with Crippen LogP contribution in [-0.2, 0) is 11.3 Å². The van der Waals surface area contributed by atoms with Crippen LogP contribution in [0, 0.1) is 11.7 Å². The summed E-state index contributed by atoms with van der Waals surface area (Å²) in [6, 6.07) is 6.72. The SMILES string of the molecule is O=C(C1CCN(Cc2ccc(F)cc2)CC1)N1CCSCC1. The molecular formula is C17H23FN2OS. The van der Waals surface area contributed by atoms with Crippen LogP contribution in [0.1, 0.15) is 18.4 Å².